The van der Waals surface area contributed by atoms with Crippen molar-refractivity contribution >= 4 is 17.5 Å². The van der Waals surface area contributed by atoms with Crippen LogP contribution < -0.4 is 9.47 Å². The molecule has 19 heavy (non-hydrogen) atoms. The van der Waals surface area contributed by atoms with Crippen molar-refractivity contribution in [1.29, 1.82) is 0 Å². The molecule has 2 rings (SSSR count). The monoisotopic (exact) mass is 264 g/mol. The number of fused-ring (bicyclic) bond motifs is 1. The number of benzene rings is 1. The highest BCUT2D eigenvalue weighted by atomic mass is 16.7. The maximum Gasteiger partial charge on any atom is 0.379 e. The molecule has 1 aromatic rings. The van der Waals surface area contributed by atoms with Gasteiger partial charge < -0.3 is 19.3 Å². The summed E-state index contributed by atoms with van der Waals surface area (Å²) in [6.07, 6.45) is 0.815. The van der Waals surface area contributed by atoms with Crippen LogP contribution in [0.1, 0.15) is 12.5 Å². The van der Waals surface area contributed by atoms with Crippen molar-refractivity contribution in [3.63, 3.8) is 0 Å². The Morgan fingerprint density at radius 2 is 2.11 bits per heavy atom. The minimum Gasteiger partial charge on any atom is -0.507 e. The van der Waals surface area contributed by atoms with Gasteiger partial charge in [-0.05, 0) is 25.1 Å². The second kappa shape index (κ2) is 5.43. The first kappa shape index (κ1) is 12.9. The fourth-order valence-corrected chi connectivity index (χ4v) is 1.52. The second-order valence-electron chi connectivity index (χ2n) is 3.68. The van der Waals surface area contributed by atoms with E-state index >= 15 is 0 Å². The van der Waals surface area contributed by atoms with Gasteiger partial charge in [0.1, 0.15) is 5.76 Å². The van der Waals surface area contributed by atoms with E-state index in [2.05, 4.69) is 4.74 Å². The summed E-state index contributed by atoms with van der Waals surface area (Å²) in [7, 11) is 0. The number of hydrogen-bond donors (Lipinski definition) is 1. The molecule has 6 nitrogen and oxygen atoms in total. The molecule has 0 saturated heterocycles. The molecule has 6 heteroatoms. The zero-order chi connectivity index (χ0) is 13.8. The molecular weight excluding hydrogens is 252 g/mol. The van der Waals surface area contributed by atoms with Crippen molar-refractivity contribution in [3.05, 3.63) is 29.8 Å². The first-order valence-corrected chi connectivity index (χ1v) is 5.63. The summed E-state index contributed by atoms with van der Waals surface area (Å²) in [5.41, 5.74) is 0.349. The number of aliphatic hydroxyl groups excluding tert-OH is 1. The van der Waals surface area contributed by atoms with Gasteiger partial charge in [0.15, 0.2) is 11.5 Å². The molecule has 0 aromatic heterocycles. The molecule has 0 saturated carbocycles. The van der Waals surface area contributed by atoms with Crippen molar-refractivity contribution in [2.45, 2.75) is 6.92 Å². The van der Waals surface area contributed by atoms with Crippen LogP contribution in [0.3, 0.4) is 0 Å². The van der Waals surface area contributed by atoms with E-state index in [9.17, 15) is 14.7 Å². The minimum absolute atomic E-state index is 0.100. The van der Waals surface area contributed by atoms with Crippen molar-refractivity contribution in [2.24, 2.45) is 0 Å². The Bertz CT molecular complexity index is 546. The van der Waals surface area contributed by atoms with Crippen molar-refractivity contribution in [1.82, 2.24) is 0 Å². The fraction of sp³-hybridized carbons (Fsp3) is 0.231. The summed E-state index contributed by atoms with van der Waals surface area (Å²) in [4.78, 5) is 22.5. The fourth-order valence-electron chi connectivity index (χ4n) is 1.52. The van der Waals surface area contributed by atoms with Crippen LogP contribution >= 0.6 is 0 Å². The zero-order valence-corrected chi connectivity index (χ0v) is 10.2. The minimum atomic E-state index is -1.00. The summed E-state index contributed by atoms with van der Waals surface area (Å²) in [5, 5.41) is 9.78. The topological polar surface area (TPSA) is 82.1 Å². The molecule has 0 bridgehead atoms. The van der Waals surface area contributed by atoms with Crippen molar-refractivity contribution in [3.8, 4) is 11.5 Å². The largest absolute Gasteiger partial charge is 0.507 e. The van der Waals surface area contributed by atoms with Crippen LogP contribution in [0.4, 0.5) is 0 Å². The zero-order valence-electron chi connectivity index (χ0n) is 10.2. The molecule has 0 radical (unpaired) electrons. The van der Waals surface area contributed by atoms with Gasteiger partial charge >= 0.3 is 5.97 Å². The van der Waals surface area contributed by atoms with Crippen LogP contribution in [0.5, 0.6) is 11.5 Å². The van der Waals surface area contributed by atoms with Gasteiger partial charge in [-0.1, -0.05) is 0 Å². The molecule has 0 amide bonds. The third-order valence-corrected chi connectivity index (χ3v) is 2.41. The number of aliphatic hydroxyl groups is 1. The second-order valence-corrected chi connectivity index (χ2v) is 3.68. The summed E-state index contributed by atoms with van der Waals surface area (Å²) in [6.45, 7) is 1.81. The maximum atomic E-state index is 11.4. The molecule has 0 spiro atoms. The SMILES string of the molecule is CCOC(=O)C(=O)C=C(O)c1ccc2c(c1)OCO2. The normalized spacial score (nSPS) is 13.2. The molecule has 1 N–H and O–H groups in total. The summed E-state index contributed by atoms with van der Waals surface area (Å²) >= 11 is 0. The van der Waals surface area contributed by atoms with E-state index in [-0.39, 0.29) is 19.2 Å². The summed E-state index contributed by atoms with van der Waals surface area (Å²) < 4.78 is 14.8. The predicted molar refractivity (Wildman–Crippen MR) is 64.8 cm³/mol. The highest BCUT2D eigenvalue weighted by Gasteiger charge is 2.17. The Kier molecular flexibility index (Phi) is 3.70. The van der Waals surface area contributed by atoms with Gasteiger partial charge in [0.05, 0.1) is 6.61 Å². The van der Waals surface area contributed by atoms with E-state index in [0.29, 0.717) is 17.1 Å². The molecule has 0 fully saturated rings. The lowest BCUT2D eigenvalue weighted by molar-refractivity contribution is -0.151. The van der Waals surface area contributed by atoms with E-state index in [0.717, 1.165) is 6.08 Å². The van der Waals surface area contributed by atoms with E-state index in [1.54, 1.807) is 19.1 Å². The van der Waals surface area contributed by atoms with Crippen LogP contribution in [0.15, 0.2) is 24.3 Å². The highest BCUT2D eigenvalue weighted by Crippen LogP contribution is 2.33. The molecule has 1 heterocycles. The van der Waals surface area contributed by atoms with Gasteiger partial charge in [-0.3, -0.25) is 4.79 Å². The summed E-state index contributed by atoms with van der Waals surface area (Å²) in [6, 6.07) is 4.68. The molecule has 1 aromatic carbocycles. The van der Waals surface area contributed by atoms with E-state index in [1.165, 1.54) is 6.07 Å². The van der Waals surface area contributed by atoms with Gasteiger partial charge in [-0.15, -0.1) is 0 Å². The maximum absolute atomic E-state index is 11.4. The average molecular weight is 264 g/mol. The predicted octanol–water partition coefficient (Wildman–Crippen LogP) is 1.45. The molecule has 0 atom stereocenters. The van der Waals surface area contributed by atoms with Crippen LogP contribution in [0.25, 0.3) is 5.76 Å². The molecule has 100 valence electrons. The number of esters is 1. The van der Waals surface area contributed by atoms with Crippen LogP contribution in [0, 0.1) is 0 Å². The lowest BCUT2D eigenvalue weighted by Gasteiger charge is -2.02. The number of ether oxygens (including phenoxy) is 3. The van der Waals surface area contributed by atoms with Gasteiger partial charge in [0.2, 0.25) is 6.79 Å². The molecule has 0 aliphatic carbocycles. The Morgan fingerprint density at radius 3 is 2.84 bits per heavy atom. The number of hydrogen-bond acceptors (Lipinski definition) is 6. The van der Waals surface area contributed by atoms with Crippen LogP contribution in [0.2, 0.25) is 0 Å². The molecule has 1 aliphatic heterocycles. The number of ketones is 1. The van der Waals surface area contributed by atoms with Crippen LogP contribution in [-0.2, 0) is 14.3 Å². The quantitative estimate of drug-likeness (QED) is 0.383. The Hall–Kier alpha value is -2.50. The van der Waals surface area contributed by atoms with Crippen molar-refractivity contribution < 1.29 is 28.9 Å². The summed E-state index contributed by atoms with van der Waals surface area (Å²) in [5.74, 6) is -1.22. The highest BCUT2D eigenvalue weighted by molar-refractivity contribution is 6.39. The molecular formula is C13H12O6. The lowest BCUT2D eigenvalue weighted by atomic mass is 10.1. The average Bonchev–Trinajstić information content (AvgIpc) is 2.85. The first-order chi connectivity index (χ1) is 9.11. The van der Waals surface area contributed by atoms with Gasteiger partial charge in [0.25, 0.3) is 5.78 Å². The molecule has 1 aliphatic rings. The van der Waals surface area contributed by atoms with Gasteiger partial charge in [-0.2, -0.15) is 0 Å². The van der Waals surface area contributed by atoms with E-state index < -0.39 is 11.8 Å². The third kappa shape index (κ3) is 2.85. The van der Waals surface area contributed by atoms with Crippen molar-refractivity contribution in [2.75, 3.05) is 13.4 Å². The van der Waals surface area contributed by atoms with E-state index in [4.69, 9.17) is 9.47 Å². The standard InChI is InChI=1S/C13H12O6/c1-2-17-13(16)10(15)6-9(14)8-3-4-11-12(5-8)19-7-18-11/h3-6,14H,2,7H2,1H3. The smallest absolute Gasteiger partial charge is 0.379 e. The molecule has 0 unspecified atom stereocenters. The van der Waals surface area contributed by atoms with Crippen LogP contribution in [-0.4, -0.2) is 30.3 Å². The Balaban J connectivity index is 2.17. The van der Waals surface area contributed by atoms with E-state index in [1.807, 2.05) is 0 Å². The number of carbonyl (C=O) groups is 2. The van der Waals surface area contributed by atoms with Gasteiger partial charge in [-0.25, -0.2) is 4.79 Å². The van der Waals surface area contributed by atoms with Gasteiger partial charge in [0, 0.05) is 11.6 Å². The Morgan fingerprint density at radius 1 is 1.37 bits per heavy atom. The Labute approximate surface area is 109 Å². The lowest BCUT2D eigenvalue weighted by Crippen LogP contribution is -2.15. The number of rotatable bonds is 4. The third-order valence-electron chi connectivity index (χ3n) is 2.41. The number of carbonyl (C=O) groups excluding carboxylic acids is 2. The first-order valence-electron chi connectivity index (χ1n) is 5.63.